The maximum absolute atomic E-state index is 11.7. The minimum atomic E-state index is -0.303. The smallest absolute Gasteiger partial charge is 0.287 e. The van der Waals surface area contributed by atoms with Crippen molar-refractivity contribution in [1.82, 2.24) is 9.78 Å². The summed E-state index contributed by atoms with van der Waals surface area (Å²) in [4.78, 5) is 11.7. The van der Waals surface area contributed by atoms with Gasteiger partial charge in [0.15, 0.2) is 0 Å². The molecule has 0 aliphatic heterocycles. The van der Waals surface area contributed by atoms with E-state index in [2.05, 4.69) is 34.7 Å². The molecule has 1 aromatic carbocycles. The minimum Gasteiger partial charge on any atom is -0.376 e. The Balaban J connectivity index is 2.24. The molecule has 0 aliphatic rings. The standard InChI is InChI=1S/C14H16ClN3O/c1-9-4-6-11(7-5-9)10(2)17-12-8-16-18(3)14(19)13(12)15/h4-8,10,17H,1-3H3. The molecule has 19 heavy (non-hydrogen) atoms. The number of rotatable bonds is 3. The topological polar surface area (TPSA) is 46.9 Å². The summed E-state index contributed by atoms with van der Waals surface area (Å²) in [6, 6.07) is 8.26. The Bertz CT molecular complexity index is 634. The van der Waals surface area contributed by atoms with E-state index in [1.807, 2.05) is 13.8 Å². The van der Waals surface area contributed by atoms with Gasteiger partial charge in [0.2, 0.25) is 0 Å². The molecule has 0 aliphatic carbocycles. The quantitative estimate of drug-likeness (QED) is 0.938. The number of aromatic nitrogens is 2. The number of hydrogen-bond acceptors (Lipinski definition) is 3. The Morgan fingerprint density at radius 1 is 1.32 bits per heavy atom. The van der Waals surface area contributed by atoms with Crippen LogP contribution in [-0.4, -0.2) is 9.78 Å². The lowest BCUT2D eigenvalue weighted by atomic mass is 10.1. The van der Waals surface area contributed by atoms with E-state index in [9.17, 15) is 4.79 Å². The summed E-state index contributed by atoms with van der Waals surface area (Å²) in [7, 11) is 1.57. The highest BCUT2D eigenvalue weighted by molar-refractivity contribution is 6.32. The minimum absolute atomic E-state index is 0.0482. The lowest BCUT2D eigenvalue weighted by Crippen LogP contribution is -2.21. The van der Waals surface area contributed by atoms with Crippen LogP contribution < -0.4 is 10.9 Å². The van der Waals surface area contributed by atoms with Gasteiger partial charge in [-0.05, 0) is 19.4 Å². The van der Waals surface area contributed by atoms with Crippen LogP contribution in [0.15, 0.2) is 35.3 Å². The van der Waals surface area contributed by atoms with Crippen molar-refractivity contribution < 1.29 is 0 Å². The van der Waals surface area contributed by atoms with Crippen LogP contribution in [0.2, 0.25) is 5.02 Å². The van der Waals surface area contributed by atoms with Gasteiger partial charge in [0.1, 0.15) is 5.02 Å². The van der Waals surface area contributed by atoms with Crippen LogP contribution in [0.3, 0.4) is 0 Å². The average molecular weight is 278 g/mol. The molecule has 1 atom stereocenters. The van der Waals surface area contributed by atoms with E-state index in [1.165, 1.54) is 10.2 Å². The fraction of sp³-hybridized carbons (Fsp3) is 0.286. The zero-order valence-electron chi connectivity index (χ0n) is 11.1. The first-order chi connectivity index (χ1) is 8.99. The zero-order chi connectivity index (χ0) is 14.0. The molecule has 0 spiro atoms. The van der Waals surface area contributed by atoms with E-state index in [-0.39, 0.29) is 16.6 Å². The molecular weight excluding hydrogens is 262 g/mol. The molecule has 0 fully saturated rings. The molecule has 1 aromatic heterocycles. The third-order valence-electron chi connectivity index (χ3n) is 3.03. The molecule has 1 heterocycles. The Hall–Kier alpha value is -1.81. The molecule has 0 amide bonds. The largest absolute Gasteiger partial charge is 0.376 e. The van der Waals surface area contributed by atoms with Crippen molar-refractivity contribution in [2.75, 3.05) is 5.32 Å². The average Bonchev–Trinajstić information content (AvgIpc) is 2.40. The number of anilines is 1. The summed E-state index contributed by atoms with van der Waals surface area (Å²) in [5.74, 6) is 0. The lowest BCUT2D eigenvalue weighted by Gasteiger charge is -2.16. The number of benzene rings is 1. The molecule has 2 aromatic rings. The summed E-state index contributed by atoms with van der Waals surface area (Å²) >= 11 is 6.02. The van der Waals surface area contributed by atoms with Crippen molar-refractivity contribution >= 4 is 17.3 Å². The summed E-state index contributed by atoms with van der Waals surface area (Å²) < 4.78 is 1.21. The summed E-state index contributed by atoms with van der Waals surface area (Å²) in [5.41, 5.74) is 2.59. The fourth-order valence-corrected chi connectivity index (χ4v) is 2.01. The van der Waals surface area contributed by atoms with Gasteiger partial charge in [-0.3, -0.25) is 4.79 Å². The Morgan fingerprint density at radius 2 is 1.95 bits per heavy atom. The summed E-state index contributed by atoms with van der Waals surface area (Å²) in [6.45, 7) is 4.06. The first kappa shape index (κ1) is 13.6. The number of nitrogens with zero attached hydrogens (tertiary/aromatic N) is 2. The highest BCUT2D eigenvalue weighted by atomic mass is 35.5. The molecule has 4 nitrogen and oxygen atoms in total. The molecule has 0 saturated carbocycles. The van der Waals surface area contributed by atoms with E-state index < -0.39 is 0 Å². The molecule has 5 heteroatoms. The van der Waals surface area contributed by atoms with Gasteiger partial charge in [-0.15, -0.1) is 0 Å². The van der Waals surface area contributed by atoms with Crippen molar-refractivity contribution in [2.24, 2.45) is 7.05 Å². The maximum Gasteiger partial charge on any atom is 0.287 e. The maximum atomic E-state index is 11.7. The Kier molecular flexibility index (Phi) is 3.90. The predicted octanol–water partition coefficient (Wildman–Crippen LogP) is 2.92. The third kappa shape index (κ3) is 2.96. The summed E-state index contributed by atoms with van der Waals surface area (Å²) in [5, 5.41) is 7.33. The van der Waals surface area contributed by atoms with Gasteiger partial charge in [-0.1, -0.05) is 41.4 Å². The lowest BCUT2D eigenvalue weighted by molar-refractivity contribution is 0.706. The van der Waals surface area contributed by atoms with Crippen LogP contribution in [-0.2, 0) is 7.05 Å². The number of nitrogens with one attached hydrogen (secondary N) is 1. The van der Waals surface area contributed by atoms with Crippen molar-refractivity contribution in [1.29, 1.82) is 0 Å². The van der Waals surface area contributed by atoms with Crippen molar-refractivity contribution in [3.8, 4) is 0 Å². The Labute approximate surface area is 117 Å². The molecule has 1 unspecified atom stereocenters. The predicted molar refractivity (Wildman–Crippen MR) is 77.7 cm³/mol. The van der Waals surface area contributed by atoms with Crippen LogP contribution in [0.1, 0.15) is 24.1 Å². The molecule has 0 saturated heterocycles. The highest BCUT2D eigenvalue weighted by Crippen LogP contribution is 2.22. The highest BCUT2D eigenvalue weighted by Gasteiger charge is 2.11. The van der Waals surface area contributed by atoms with Crippen LogP contribution in [0.5, 0.6) is 0 Å². The van der Waals surface area contributed by atoms with E-state index in [4.69, 9.17) is 11.6 Å². The van der Waals surface area contributed by atoms with Gasteiger partial charge < -0.3 is 5.32 Å². The number of aryl methyl sites for hydroxylation is 2. The third-order valence-corrected chi connectivity index (χ3v) is 3.39. The second-order valence-corrected chi connectivity index (χ2v) is 4.96. The first-order valence-electron chi connectivity index (χ1n) is 6.04. The molecule has 2 rings (SSSR count). The van der Waals surface area contributed by atoms with Gasteiger partial charge >= 0.3 is 0 Å². The van der Waals surface area contributed by atoms with E-state index in [1.54, 1.807) is 13.2 Å². The monoisotopic (exact) mass is 277 g/mol. The van der Waals surface area contributed by atoms with Gasteiger partial charge in [-0.2, -0.15) is 5.10 Å². The zero-order valence-corrected chi connectivity index (χ0v) is 11.9. The number of hydrogen-bond donors (Lipinski definition) is 1. The van der Waals surface area contributed by atoms with Crippen molar-refractivity contribution in [3.63, 3.8) is 0 Å². The second-order valence-electron chi connectivity index (χ2n) is 4.58. The van der Waals surface area contributed by atoms with E-state index >= 15 is 0 Å². The molecular formula is C14H16ClN3O. The van der Waals surface area contributed by atoms with Gasteiger partial charge in [0, 0.05) is 13.1 Å². The van der Waals surface area contributed by atoms with Gasteiger partial charge in [0.05, 0.1) is 11.9 Å². The number of halogens is 1. The SMILES string of the molecule is Cc1ccc(C(C)Nc2cnn(C)c(=O)c2Cl)cc1. The first-order valence-corrected chi connectivity index (χ1v) is 6.41. The van der Waals surface area contributed by atoms with Crippen molar-refractivity contribution in [2.45, 2.75) is 19.9 Å². The van der Waals surface area contributed by atoms with Crippen LogP contribution in [0, 0.1) is 6.92 Å². The van der Waals surface area contributed by atoms with Gasteiger partial charge in [0.25, 0.3) is 5.56 Å². The second kappa shape index (κ2) is 5.45. The van der Waals surface area contributed by atoms with Crippen LogP contribution in [0.4, 0.5) is 5.69 Å². The van der Waals surface area contributed by atoms with Crippen LogP contribution >= 0.6 is 11.6 Å². The van der Waals surface area contributed by atoms with Crippen molar-refractivity contribution in [3.05, 3.63) is 57.0 Å². The fourth-order valence-electron chi connectivity index (χ4n) is 1.78. The summed E-state index contributed by atoms with van der Waals surface area (Å²) in [6.07, 6.45) is 1.56. The molecule has 0 bridgehead atoms. The normalized spacial score (nSPS) is 12.2. The van der Waals surface area contributed by atoms with E-state index in [0.717, 1.165) is 5.56 Å². The molecule has 1 N–H and O–H groups in total. The van der Waals surface area contributed by atoms with Gasteiger partial charge in [-0.25, -0.2) is 4.68 Å². The van der Waals surface area contributed by atoms with E-state index in [0.29, 0.717) is 5.69 Å². The molecule has 0 radical (unpaired) electrons. The Morgan fingerprint density at radius 3 is 2.58 bits per heavy atom. The van der Waals surface area contributed by atoms with Crippen LogP contribution in [0.25, 0.3) is 0 Å². The molecule has 100 valence electrons.